The zero-order valence-corrected chi connectivity index (χ0v) is 12.6. The van der Waals surface area contributed by atoms with Crippen molar-refractivity contribution >= 4 is 11.8 Å². The van der Waals surface area contributed by atoms with Crippen LogP contribution in [0, 0.1) is 5.92 Å². The summed E-state index contributed by atoms with van der Waals surface area (Å²) in [6, 6.07) is -0.360. The first-order valence-electron chi connectivity index (χ1n) is 7.66. The molecule has 0 bridgehead atoms. The Bertz CT molecular complexity index is 440. The van der Waals surface area contributed by atoms with E-state index in [0.717, 1.165) is 19.3 Å². The van der Waals surface area contributed by atoms with Gasteiger partial charge in [-0.25, -0.2) is 0 Å². The molecule has 0 radical (unpaired) electrons. The van der Waals surface area contributed by atoms with E-state index in [1.807, 2.05) is 25.7 Å². The molecule has 1 saturated carbocycles. The van der Waals surface area contributed by atoms with Crippen LogP contribution >= 0.6 is 0 Å². The monoisotopic (exact) mass is 280 g/mol. The van der Waals surface area contributed by atoms with Gasteiger partial charge in [0, 0.05) is 6.61 Å². The quantitative estimate of drug-likeness (QED) is 0.841. The highest BCUT2D eigenvalue weighted by Crippen LogP contribution is 2.44. The minimum absolute atomic E-state index is 0.00498. The van der Waals surface area contributed by atoms with Crippen molar-refractivity contribution < 1.29 is 14.3 Å². The lowest BCUT2D eigenvalue weighted by atomic mass is 9.84. The minimum atomic E-state index is -0.714. The second kappa shape index (κ2) is 4.45. The predicted molar refractivity (Wildman–Crippen MR) is 74.0 cm³/mol. The van der Waals surface area contributed by atoms with Crippen LogP contribution in [0.25, 0.3) is 0 Å². The van der Waals surface area contributed by atoms with Crippen molar-refractivity contribution in [2.45, 2.75) is 63.6 Å². The van der Waals surface area contributed by atoms with E-state index in [2.05, 4.69) is 5.32 Å². The molecule has 0 aromatic rings. The third-order valence-corrected chi connectivity index (χ3v) is 5.22. The van der Waals surface area contributed by atoms with E-state index in [1.165, 1.54) is 0 Å². The van der Waals surface area contributed by atoms with E-state index in [-0.39, 0.29) is 23.4 Å². The van der Waals surface area contributed by atoms with Gasteiger partial charge >= 0.3 is 0 Å². The molecule has 20 heavy (non-hydrogen) atoms. The highest BCUT2D eigenvalue weighted by molar-refractivity contribution is 6.00. The van der Waals surface area contributed by atoms with Gasteiger partial charge in [0.2, 0.25) is 11.8 Å². The maximum atomic E-state index is 13.1. The number of nitrogens with zero attached hydrogens (tertiary/aromatic N) is 1. The number of rotatable bonds is 3. The van der Waals surface area contributed by atoms with Crippen LogP contribution < -0.4 is 5.32 Å². The Morgan fingerprint density at radius 2 is 2.05 bits per heavy atom. The third-order valence-electron chi connectivity index (χ3n) is 5.22. The maximum Gasteiger partial charge on any atom is 0.249 e. The molecule has 5 nitrogen and oxygen atoms in total. The molecule has 2 heterocycles. The smallest absolute Gasteiger partial charge is 0.249 e. The first-order valence-corrected chi connectivity index (χ1v) is 7.66. The molecule has 0 aromatic heterocycles. The van der Waals surface area contributed by atoms with Gasteiger partial charge in [0.1, 0.15) is 11.6 Å². The molecule has 2 saturated heterocycles. The molecule has 5 heteroatoms. The molecule has 3 fully saturated rings. The molecule has 3 unspecified atom stereocenters. The number of hydrogen-bond donors (Lipinski definition) is 1. The Morgan fingerprint density at radius 1 is 1.35 bits per heavy atom. The van der Waals surface area contributed by atoms with E-state index in [9.17, 15) is 9.59 Å². The summed E-state index contributed by atoms with van der Waals surface area (Å²) in [7, 11) is 0. The molecule has 2 aliphatic heterocycles. The fourth-order valence-electron chi connectivity index (χ4n) is 3.67. The lowest BCUT2D eigenvalue weighted by Gasteiger charge is -2.50. The van der Waals surface area contributed by atoms with Crippen LogP contribution in [0.2, 0.25) is 0 Å². The lowest BCUT2D eigenvalue weighted by Crippen LogP contribution is -2.74. The molecule has 112 valence electrons. The normalized spacial score (nSPS) is 42.0. The minimum Gasteiger partial charge on any atom is -0.379 e. The summed E-state index contributed by atoms with van der Waals surface area (Å²) >= 11 is 0. The second-order valence-corrected chi connectivity index (χ2v) is 6.86. The molecule has 1 aliphatic carbocycles. The summed E-state index contributed by atoms with van der Waals surface area (Å²) in [6.07, 6.45) is 3.51. The number of amides is 2. The number of carbonyl (C=O) groups excluding carboxylic acids is 2. The van der Waals surface area contributed by atoms with Gasteiger partial charge < -0.3 is 15.0 Å². The van der Waals surface area contributed by atoms with E-state index in [0.29, 0.717) is 25.6 Å². The predicted octanol–water partition coefficient (Wildman–Crippen LogP) is 1.07. The van der Waals surface area contributed by atoms with Gasteiger partial charge in [-0.05, 0) is 45.4 Å². The first kappa shape index (κ1) is 13.9. The van der Waals surface area contributed by atoms with Crippen LogP contribution in [-0.4, -0.2) is 47.0 Å². The Kier molecular flexibility index (Phi) is 3.08. The van der Waals surface area contributed by atoms with Gasteiger partial charge in [-0.3, -0.25) is 9.59 Å². The van der Waals surface area contributed by atoms with Crippen molar-refractivity contribution in [1.29, 1.82) is 0 Å². The molecule has 1 N–H and O–H groups in total. The van der Waals surface area contributed by atoms with Crippen LogP contribution in [0.3, 0.4) is 0 Å². The zero-order valence-electron chi connectivity index (χ0n) is 12.6. The fourth-order valence-corrected chi connectivity index (χ4v) is 3.67. The van der Waals surface area contributed by atoms with Crippen LogP contribution in [0.15, 0.2) is 0 Å². The maximum absolute atomic E-state index is 13.1. The second-order valence-electron chi connectivity index (χ2n) is 6.86. The van der Waals surface area contributed by atoms with E-state index in [1.54, 1.807) is 0 Å². The van der Waals surface area contributed by atoms with Crippen molar-refractivity contribution in [3.8, 4) is 0 Å². The van der Waals surface area contributed by atoms with Crippen molar-refractivity contribution in [3.63, 3.8) is 0 Å². The van der Waals surface area contributed by atoms with E-state index in [4.69, 9.17) is 4.74 Å². The van der Waals surface area contributed by atoms with Crippen LogP contribution in [0.4, 0.5) is 0 Å². The fraction of sp³-hybridized carbons (Fsp3) is 0.867. The summed E-state index contributed by atoms with van der Waals surface area (Å²) < 4.78 is 5.51. The topological polar surface area (TPSA) is 58.6 Å². The average Bonchev–Trinajstić information content (AvgIpc) is 3.17. The summed E-state index contributed by atoms with van der Waals surface area (Å²) in [4.78, 5) is 27.4. The summed E-state index contributed by atoms with van der Waals surface area (Å²) in [5, 5.41) is 3.01. The Morgan fingerprint density at radius 3 is 2.55 bits per heavy atom. The van der Waals surface area contributed by atoms with Crippen molar-refractivity contribution in [3.05, 3.63) is 0 Å². The van der Waals surface area contributed by atoms with Crippen molar-refractivity contribution in [1.82, 2.24) is 10.2 Å². The number of carbonyl (C=O) groups is 2. The van der Waals surface area contributed by atoms with Crippen LogP contribution in [0.1, 0.15) is 46.5 Å². The van der Waals surface area contributed by atoms with Gasteiger partial charge in [-0.1, -0.05) is 6.92 Å². The highest BCUT2D eigenvalue weighted by Gasteiger charge is 2.58. The Hall–Kier alpha value is -1.10. The highest BCUT2D eigenvalue weighted by atomic mass is 16.5. The molecule has 0 aromatic carbocycles. The molecule has 3 aliphatic rings. The standard InChI is InChI=1S/C15H24N2O3/c1-4-11-12(18)16-15(3,10-5-6-10)13(19)17(11)14(2)7-8-20-9-14/h10-11H,4-9H2,1-3H3,(H,16,18). The Balaban J connectivity index is 1.97. The molecule has 3 atom stereocenters. The average molecular weight is 280 g/mol. The van der Waals surface area contributed by atoms with Gasteiger partial charge in [0.05, 0.1) is 12.1 Å². The summed E-state index contributed by atoms with van der Waals surface area (Å²) in [6.45, 7) is 7.10. The molecule has 0 spiro atoms. The molecular formula is C15H24N2O3. The largest absolute Gasteiger partial charge is 0.379 e. The number of piperazine rings is 1. The van der Waals surface area contributed by atoms with Gasteiger partial charge in [0.25, 0.3) is 0 Å². The van der Waals surface area contributed by atoms with E-state index >= 15 is 0 Å². The lowest BCUT2D eigenvalue weighted by molar-refractivity contribution is -0.163. The van der Waals surface area contributed by atoms with Crippen LogP contribution in [-0.2, 0) is 14.3 Å². The number of ether oxygens (including phenoxy) is 1. The van der Waals surface area contributed by atoms with E-state index < -0.39 is 5.54 Å². The number of hydrogen-bond acceptors (Lipinski definition) is 3. The SMILES string of the molecule is CCC1C(=O)NC(C)(C2CC2)C(=O)N1C1(C)CCOC1. The third kappa shape index (κ3) is 1.86. The Labute approximate surface area is 120 Å². The van der Waals surface area contributed by atoms with Crippen molar-refractivity contribution in [2.75, 3.05) is 13.2 Å². The van der Waals surface area contributed by atoms with Crippen molar-refractivity contribution in [2.24, 2.45) is 5.92 Å². The zero-order chi connectivity index (χ0) is 14.5. The molecular weight excluding hydrogens is 256 g/mol. The van der Waals surface area contributed by atoms with Gasteiger partial charge in [0.15, 0.2) is 0 Å². The van der Waals surface area contributed by atoms with Gasteiger partial charge in [-0.2, -0.15) is 0 Å². The summed E-state index contributed by atoms with van der Waals surface area (Å²) in [5.41, 5.74) is -1.06. The number of nitrogens with one attached hydrogen (secondary N) is 1. The van der Waals surface area contributed by atoms with Crippen LogP contribution in [0.5, 0.6) is 0 Å². The first-order chi connectivity index (χ1) is 9.42. The molecule has 3 rings (SSSR count). The summed E-state index contributed by atoms with van der Waals surface area (Å²) in [5.74, 6) is 0.374. The van der Waals surface area contributed by atoms with Gasteiger partial charge in [-0.15, -0.1) is 0 Å². The molecule has 2 amide bonds.